The maximum atomic E-state index is 5.37. The van der Waals surface area contributed by atoms with Crippen molar-refractivity contribution in [1.82, 2.24) is 10.1 Å². The largest absolute Gasteiger partial charge is 0.480 e. The number of nitrogens with zero attached hydrogens (tertiary/aromatic N) is 2. The molecular formula is C19H21N3O2. The van der Waals surface area contributed by atoms with Crippen LogP contribution in [0, 0.1) is 13.8 Å². The summed E-state index contributed by atoms with van der Waals surface area (Å²) in [5.41, 5.74) is 4.96. The summed E-state index contributed by atoms with van der Waals surface area (Å²) in [4.78, 5) is 4.41. The minimum Gasteiger partial charge on any atom is -0.480 e. The van der Waals surface area contributed by atoms with Crippen molar-refractivity contribution in [3.63, 3.8) is 0 Å². The van der Waals surface area contributed by atoms with Crippen LogP contribution in [-0.4, -0.2) is 23.8 Å². The van der Waals surface area contributed by atoms with Crippen molar-refractivity contribution in [3.05, 3.63) is 59.6 Å². The van der Waals surface area contributed by atoms with Crippen LogP contribution in [0.15, 0.2) is 47.1 Å². The van der Waals surface area contributed by atoms with Gasteiger partial charge in [0.1, 0.15) is 5.76 Å². The summed E-state index contributed by atoms with van der Waals surface area (Å²) in [7, 11) is 1.63. The van der Waals surface area contributed by atoms with Crippen LogP contribution in [0.5, 0.6) is 5.88 Å². The van der Waals surface area contributed by atoms with Gasteiger partial charge in [-0.2, -0.15) is 0 Å². The Labute approximate surface area is 141 Å². The zero-order valence-corrected chi connectivity index (χ0v) is 14.2. The first-order valence-electron chi connectivity index (χ1n) is 7.94. The highest BCUT2D eigenvalue weighted by Crippen LogP contribution is 2.31. The first kappa shape index (κ1) is 16.1. The molecule has 0 amide bonds. The second kappa shape index (κ2) is 7.17. The minimum absolute atomic E-state index is 0.582. The third-order valence-electron chi connectivity index (χ3n) is 3.94. The third kappa shape index (κ3) is 3.40. The van der Waals surface area contributed by atoms with Crippen molar-refractivity contribution in [2.24, 2.45) is 0 Å². The third-order valence-corrected chi connectivity index (χ3v) is 3.94. The molecule has 0 fully saturated rings. The number of hydrogen-bond donors (Lipinski definition) is 1. The Kier molecular flexibility index (Phi) is 4.79. The highest BCUT2D eigenvalue weighted by Gasteiger charge is 2.14. The molecule has 0 aliphatic heterocycles. The van der Waals surface area contributed by atoms with Crippen LogP contribution >= 0.6 is 0 Å². The van der Waals surface area contributed by atoms with E-state index in [0.29, 0.717) is 5.88 Å². The van der Waals surface area contributed by atoms with Crippen molar-refractivity contribution in [2.75, 3.05) is 19.0 Å². The molecular weight excluding hydrogens is 302 g/mol. The number of hydrogen-bond acceptors (Lipinski definition) is 5. The molecule has 2 heterocycles. The zero-order valence-electron chi connectivity index (χ0n) is 14.2. The molecule has 2 aromatic heterocycles. The standard InChI is InChI=1S/C19H21N3O2/c1-13-18(14(2)24-22-13)16-11-17(19(23-3)21-12-16)20-10-9-15-7-5-4-6-8-15/h4-8,11-12,20H,9-10H2,1-3H3. The summed E-state index contributed by atoms with van der Waals surface area (Å²) < 4.78 is 10.6. The van der Waals surface area contributed by atoms with Crippen LogP contribution in [0.3, 0.4) is 0 Å². The van der Waals surface area contributed by atoms with Crippen LogP contribution < -0.4 is 10.1 Å². The summed E-state index contributed by atoms with van der Waals surface area (Å²) in [5, 5.41) is 7.43. The highest BCUT2D eigenvalue weighted by atomic mass is 16.5. The average Bonchev–Trinajstić information content (AvgIpc) is 2.94. The van der Waals surface area contributed by atoms with Gasteiger partial charge in [-0.25, -0.2) is 4.98 Å². The van der Waals surface area contributed by atoms with Gasteiger partial charge in [0.15, 0.2) is 0 Å². The number of nitrogens with one attached hydrogen (secondary N) is 1. The van der Waals surface area contributed by atoms with E-state index in [9.17, 15) is 0 Å². The summed E-state index contributed by atoms with van der Waals surface area (Å²) in [5.74, 6) is 1.37. The lowest BCUT2D eigenvalue weighted by Gasteiger charge is -2.12. The van der Waals surface area contributed by atoms with Gasteiger partial charge in [0.2, 0.25) is 5.88 Å². The number of anilines is 1. The van der Waals surface area contributed by atoms with E-state index in [0.717, 1.165) is 41.2 Å². The molecule has 3 rings (SSSR count). The minimum atomic E-state index is 0.582. The van der Waals surface area contributed by atoms with Gasteiger partial charge in [-0.15, -0.1) is 0 Å². The Morgan fingerprint density at radius 3 is 2.62 bits per heavy atom. The molecule has 0 bridgehead atoms. The molecule has 0 radical (unpaired) electrons. The second-order valence-electron chi connectivity index (χ2n) is 5.64. The lowest BCUT2D eigenvalue weighted by Crippen LogP contribution is -2.07. The first-order valence-corrected chi connectivity index (χ1v) is 7.94. The predicted molar refractivity (Wildman–Crippen MR) is 94.4 cm³/mol. The molecule has 124 valence electrons. The fourth-order valence-electron chi connectivity index (χ4n) is 2.76. The van der Waals surface area contributed by atoms with Crippen molar-refractivity contribution in [1.29, 1.82) is 0 Å². The summed E-state index contributed by atoms with van der Waals surface area (Å²) in [6.07, 6.45) is 2.72. The topological polar surface area (TPSA) is 60.2 Å². The van der Waals surface area contributed by atoms with E-state index in [1.165, 1.54) is 5.56 Å². The molecule has 0 saturated heterocycles. The van der Waals surface area contributed by atoms with Crippen LogP contribution in [0.25, 0.3) is 11.1 Å². The molecule has 5 nitrogen and oxygen atoms in total. The van der Waals surface area contributed by atoms with E-state index in [1.807, 2.05) is 26.0 Å². The maximum absolute atomic E-state index is 5.37. The lowest BCUT2D eigenvalue weighted by atomic mass is 10.1. The fraction of sp³-hybridized carbons (Fsp3) is 0.263. The quantitative estimate of drug-likeness (QED) is 0.742. The predicted octanol–water partition coefficient (Wildman–Crippen LogP) is 4.02. The van der Waals surface area contributed by atoms with Crippen molar-refractivity contribution < 1.29 is 9.26 Å². The number of pyridine rings is 1. The van der Waals surface area contributed by atoms with E-state index < -0.39 is 0 Å². The average molecular weight is 323 g/mol. The molecule has 0 aliphatic carbocycles. The first-order chi connectivity index (χ1) is 11.7. The van der Waals surface area contributed by atoms with E-state index in [2.05, 4.69) is 39.7 Å². The molecule has 0 unspecified atom stereocenters. The maximum Gasteiger partial charge on any atom is 0.237 e. The molecule has 0 atom stereocenters. The van der Waals surface area contributed by atoms with Crippen LogP contribution in [0.2, 0.25) is 0 Å². The SMILES string of the molecule is COc1ncc(-c2c(C)noc2C)cc1NCCc1ccccc1. The van der Waals surface area contributed by atoms with E-state index in [1.54, 1.807) is 13.3 Å². The van der Waals surface area contributed by atoms with Crippen LogP contribution in [0.4, 0.5) is 5.69 Å². The molecule has 0 aliphatic rings. The van der Waals surface area contributed by atoms with Crippen LogP contribution in [-0.2, 0) is 6.42 Å². The number of benzene rings is 1. The van der Waals surface area contributed by atoms with Gasteiger partial charge < -0.3 is 14.6 Å². The monoisotopic (exact) mass is 323 g/mol. The molecule has 0 saturated carbocycles. The Hall–Kier alpha value is -2.82. The molecule has 1 aromatic carbocycles. The van der Waals surface area contributed by atoms with Crippen LogP contribution in [0.1, 0.15) is 17.0 Å². The van der Waals surface area contributed by atoms with E-state index in [-0.39, 0.29) is 0 Å². The Balaban J connectivity index is 1.80. The summed E-state index contributed by atoms with van der Waals surface area (Å²) in [6.45, 7) is 4.63. The van der Waals surface area contributed by atoms with Gasteiger partial charge in [0.25, 0.3) is 0 Å². The van der Waals surface area contributed by atoms with E-state index in [4.69, 9.17) is 9.26 Å². The molecule has 24 heavy (non-hydrogen) atoms. The number of rotatable bonds is 6. The Bertz CT molecular complexity index is 793. The molecule has 5 heteroatoms. The normalized spacial score (nSPS) is 10.6. The summed E-state index contributed by atoms with van der Waals surface area (Å²) in [6, 6.07) is 12.4. The van der Waals surface area contributed by atoms with Crippen molar-refractivity contribution in [2.45, 2.75) is 20.3 Å². The van der Waals surface area contributed by atoms with Crippen molar-refractivity contribution >= 4 is 5.69 Å². The number of aromatic nitrogens is 2. The molecule has 3 aromatic rings. The smallest absolute Gasteiger partial charge is 0.237 e. The van der Waals surface area contributed by atoms with E-state index >= 15 is 0 Å². The highest BCUT2D eigenvalue weighted by molar-refractivity contribution is 5.72. The van der Waals surface area contributed by atoms with Gasteiger partial charge >= 0.3 is 0 Å². The molecule has 1 N–H and O–H groups in total. The summed E-state index contributed by atoms with van der Waals surface area (Å²) >= 11 is 0. The van der Waals surface area contributed by atoms with Gasteiger partial charge in [0, 0.05) is 23.9 Å². The van der Waals surface area contributed by atoms with Gasteiger partial charge in [0.05, 0.1) is 18.5 Å². The second-order valence-corrected chi connectivity index (χ2v) is 5.64. The van der Waals surface area contributed by atoms with Gasteiger partial charge in [-0.05, 0) is 31.9 Å². The zero-order chi connectivity index (χ0) is 16.9. The van der Waals surface area contributed by atoms with Crippen molar-refractivity contribution in [3.8, 4) is 17.0 Å². The number of methoxy groups -OCH3 is 1. The molecule has 0 spiro atoms. The number of aryl methyl sites for hydroxylation is 2. The van der Waals surface area contributed by atoms with Gasteiger partial charge in [-0.1, -0.05) is 35.5 Å². The van der Waals surface area contributed by atoms with Gasteiger partial charge in [-0.3, -0.25) is 0 Å². The Morgan fingerprint density at radius 1 is 1.17 bits per heavy atom. The fourth-order valence-corrected chi connectivity index (χ4v) is 2.76. The number of ether oxygens (including phenoxy) is 1. The lowest BCUT2D eigenvalue weighted by molar-refractivity contribution is 0.393. The Morgan fingerprint density at radius 2 is 1.96 bits per heavy atom.